The maximum Gasteiger partial charge on any atom is 0.104 e. The second-order valence-corrected chi connectivity index (χ2v) is 4.69. The van der Waals surface area contributed by atoms with Gasteiger partial charge in [0.25, 0.3) is 0 Å². The minimum Gasteiger partial charge on any atom is -1.00 e. The molecule has 3 rings (SSSR count). The second kappa shape index (κ2) is 5.49. The molecule has 1 heterocycles. The molecule has 0 amide bonds. The molecule has 0 aromatic heterocycles. The van der Waals surface area contributed by atoms with E-state index in [0.717, 1.165) is 18.1 Å². The van der Waals surface area contributed by atoms with E-state index in [1.807, 2.05) is 12.1 Å². The molecule has 98 valence electrons. The first-order valence-corrected chi connectivity index (χ1v) is 6.13. The van der Waals surface area contributed by atoms with Gasteiger partial charge in [0.1, 0.15) is 5.82 Å². The van der Waals surface area contributed by atoms with Crippen molar-refractivity contribution in [2.75, 3.05) is 4.90 Å². The average Bonchev–Trinajstić information content (AvgIpc) is 2.39. The molecule has 0 unspecified atom stereocenters. The number of nitrogens with zero attached hydrogens (tertiary/aromatic N) is 1. The van der Waals surface area contributed by atoms with Gasteiger partial charge in [0.2, 0.25) is 0 Å². The van der Waals surface area contributed by atoms with Gasteiger partial charge in [-0.25, -0.2) is 0 Å². The molecule has 19 heavy (non-hydrogen) atoms. The summed E-state index contributed by atoms with van der Waals surface area (Å²) in [5.74, 6) is 0.803. The number of fused-ring (bicyclic) bond motifs is 1. The van der Waals surface area contributed by atoms with Gasteiger partial charge in [0.05, 0.1) is 6.54 Å². The Morgan fingerprint density at radius 2 is 1.68 bits per heavy atom. The van der Waals surface area contributed by atoms with Crippen LogP contribution in [0.4, 0.5) is 5.69 Å². The lowest BCUT2D eigenvalue weighted by molar-refractivity contribution is -0.00000368. The maximum atomic E-state index is 6.15. The molecule has 3 heteroatoms. The Hall–Kier alpha value is -1.74. The Morgan fingerprint density at radius 1 is 1.00 bits per heavy atom. The molecule has 0 aliphatic carbocycles. The molecule has 0 bridgehead atoms. The van der Waals surface area contributed by atoms with E-state index in [1.165, 1.54) is 16.7 Å². The first-order valence-electron chi connectivity index (χ1n) is 6.13. The zero-order chi connectivity index (χ0) is 12.5. The highest BCUT2D eigenvalue weighted by atomic mass is 79.9. The number of aryl methyl sites for hydroxylation is 1. The van der Waals surface area contributed by atoms with Crippen LogP contribution in [0.15, 0.2) is 54.4 Å². The van der Waals surface area contributed by atoms with Crippen molar-refractivity contribution < 1.29 is 17.0 Å². The van der Waals surface area contributed by atoms with Crippen LogP contribution >= 0.6 is 0 Å². The van der Waals surface area contributed by atoms with Crippen LogP contribution in [0, 0.1) is 6.92 Å². The Labute approximate surface area is 124 Å². The van der Waals surface area contributed by atoms with Crippen molar-refractivity contribution in [3.63, 3.8) is 0 Å². The molecular formula is C16H16BrN2-. The van der Waals surface area contributed by atoms with Gasteiger partial charge in [0, 0.05) is 5.69 Å². The van der Waals surface area contributed by atoms with Gasteiger partial charge < -0.3 is 27.6 Å². The van der Waals surface area contributed by atoms with E-state index in [0.29, 0.717) is 0 Å². The fourth-order valence-electron chi connectivity index (χ4n) is 2.28. The monoisotopic (exact) mass is 315 g/mol. The Morgan fingerprint density at radius 3 is 2.42 bits per heavy atom. The van der Waals surface area contributed by atoms with Crippen LogP contribution < -0.4 is 27.6 Å². The van der Waals surface area contributed by atoms with E-state index in [9.17, 15) is 0 Å². The molecule has 1 aliphatic rings. The maximum absolute atomic E-state index is 6.15. The highest BCUT2D eigenvalue weighted by Crippen LogP contribution is 2.27. The number of nitrogens with two attached hydrogens (primary N) is 1. The summed E-state index contributed by atoms with van der Waals surface area (Å²) in [6.45, 7) is 2.93. The Kier molecular flexibility index (Phi) is 3.96. The third-order valence-electron chi connectivity index (χ3n) is 3.34. The zero-order valence-electron chi connectivity index (χ0n) is 10.8. The van der Waals surface area contributed by atoms with Crippen LogP contribution in [0.1, 0.15) is 16.7 Å². The lowest BCUT2D eigenvalue weighted by atomic mass is 10.0. The van der Waals surface area contributed by atoms with Gasteiger partial charge in [-0.3, -0.25) is 0 Å². The van der Waals surface area contributed by atoms with Gasteiger partial charge in [-0.15, -0.1) is 0 Å². The molecule has 0 radical (unpaired) electrons. The number of benzene rings is 2. The first kappa shape index (κ1) is 13.7. The summed E-state index contributed by atoms with van der Waals surface area (Å²) in [6, 6.07) is 16.8. The number of anilines is 1. The van der Waals surface area contributed by atoms with Crippen LogP contribution in [-0.4, -0.2) is 0 Å². The fraction of sp³-hybridized carbons (Fsp3) is 0.125. The third kappa shape index (κ3) is 2.66. The van der Waals surface area contributed by atoms with E-state index in [2.05, 4.69) is 54.3 Å². The molecular weight excluding hydrogens is 300 g/mol. The number of hydrogen-bond donors (Lipinski definition) is 1. The van der Waals surface area contributed by atoms with Crippen molar-refractivity contribution >= 4 is 11.8 Å². The van der Waals surface area contributed by atoms with Crippen molar-refractivity contribution in [1.82, 2.24) is 0 Å². The van der Waals surface area contributed by atoms with Crippen LogP contribution in [-0.2, 0) is 6.54 Å². The van der Waals surface area contributed by atoms with Gasteiger partial charge in [0.15, 0.2) is 0 Å². The van der Waals surface area contributed by atoms with E-state index >= 15 is 0 Å². The third-order valence-corrected chi connectivity index (χ3v) is 3.34. The lowest BCUT2D eigenvalue weighted by Crippen LogP contribution is -3.00. The summed E-state index contributed by atoms with van der Waals surface area (Å²) in [6.07, 6.45) is 2.04. The van der Waals surface area contributed by atoms with Crippen LogP contribution in [0.5, 0.6) is 0 Å². The van der Waals surface area contributed by atoms with Gasteiger partial charge in [-0.05, 0) is 36.3 Å². The van der Waals surface area contributed by atoms with Gasteiger partial charge in [-0.2, -0.15) is 0 Å². The minimum atomic E-state index is 0. The summed E-state index contributed by atoms with van der Waals surface area (Å²) in [5, 5.41) is 0. The number of halogens is 1. The minimum absolute atomic E-state index is 0. The smallest absolute Gasteiger partial charge is 0.104 e. The molecule has 0 saturated heterocycles. The van der Waals surface area contributed by atoms with Crippen molar-refractivity contribution in [3.05, 3.63) is 71.0 Å². The predicted molar refractivity (Wildman–Crippen MR) is 76.0 cm³/mol. The average molecular weight is 316 g/mol. The molecule has 0 fully saturated rings. The topological polar surface area (TPSA) is 29.3 Å². The van der Waals surface area contributed by atoms with E-state index in [-0.39, 0.29) is 17.0 Å². The molecule has 2 aromatic carbocycles. The normalized spacial score (nSPS) is 13.3. The summed E-state index contributed by atoms with van der Waals surface area (Å²) in [7, 11) is 0. The number of rotatable bonds is 1. The van der Waals surface area contributed by atoms with E-state index in [4.69, 9.17) is 5.73 Å². The first-order chi connectivity index (χ1) is 8.74. The highest BCUT2D eigenvalue weighted by Gasteiger charge is 2.16. The zero-order valence-corrected chi connectivity index (χ0v) is 12.4. The summed E-state index contributed by atoms with van der Waals surface area (Å²) in [4.78, 5) is 2.14. The number of hydrogen-bond acceptors (Lipinski definition) is 2. The Bertz CT molecular complexity index is 602. The van der Waals surface area contributed by atoms with Crippen molar-refractivity contribution in [2.24, 2.45) is 5.73 Å². The summed E-state index contributed by atoms with van der Waals surface area (Å²) < 4.78 is 0. The summed E-state index contributed by atoms with van der Waals surface area (Å²) in [5.41, 5.74) is 11.1. The van der Waals surface area contributed by atoms with Crippen LogP contribution in [0.25, 0.3) is 6.08 Å². The molecule has 2 nitrogen and oxygen atoms in total. The lowest BCUT2D eigenvalue weighted by Gasteiger charge is -2.29. The van der Waals surface area contributed by atoms with Crippen molar-refractivity contribution in [2.45, 2.75) is 13.5 Å². The molecule has 2 N–H and O–H groups in total. The van der Waals surface area contributed by atoms with E-state index in [1.54, 1.807) is 0 Å². The molecule has 0 saturated carbocycles. The molecule has 0 spiro atoms. The summed E-state index contributed by atoms with van der Waals surface area (Å²) >= 11 is 0. The van der Waals surface area contributed by atoms with Gasteiger partial charge in [-0.1, -0.05) is 42.0 Å². The predicted octanol–water partition coefficient (Wildman–Crippen LogP) is 0.276. The highest BCUT2D eigenvalue weighted by molar-refractivity contribution is 5.67. The molecule has 1 aliphatic heterocycles. The standard InChI is InChI=1S/C16H16N2.BrH/c1-12-6-8-15(9-7-12)18-11-14-5-3-2-4-13(14)10-16(18)17;/h2-10H,11,17H2,1H3;1H/p-1. The molecule has 2 aromatic rings. The molecule has 0 atom stereocenters. The van der Waals surface area contributed by atoms with Crippen LogP contribution in [0.3, 0.4) is 0 Å². The van der Waals surface area contributed by atoms with Gasteiger partial charge >= 0.3 is 0 Å². The largest absolute Gasteiger partial charge is 1.00 e. The fourth-order valence-corrected chi connectivity index (χ4v) is 2.28. The second-order valence-electron chi connectivity index (χ2n) is 4.69. The Balaban J connectivity index is 0.00000133. The SMILES string of the molecule is Cc1ccc(N2Cc3ccccc3C=C2N)cc1.[Br-]. The van der Waals surface area contributed by atoms with Crippen molar-refractivity contribution in [1.29, 1.82) is 0 Å². The van der Waals surface area contributed by atoms with Crippen molar-refractivity contribution in [3.8, 4) is 0 Å². The van der Waals surface area contributed by atoms with E-state index < -0.39 is 0 Å². The van der Waals surface area contributed by atoms with Crippen LogP contribution in [0.2, 0.25) is 0 Å². The quantitative estimate of drug-likeness (QED) is 0.819.